The molecule has 40 heavy (non-hydrogen) atoms. The normalized spacial score (nSPS) is 11.2. The lowest BCUT2D eigenvalue weighted by molar-refractivity contribution is 0.626. The van der Waals surface area contributed by atoms with Gasteiger partial charge in [0.15, 0.2) is 5.58 Å². The second-order valence-electron chi connectivity index (χ2n) is 9.55. The molecule has 198 valence electrons. The number of nitrogens with two attached hydrogens (primary N) is 2. The van der Waals surface area contributed by atoms with Crippen LogP contribution in [0.1, 0.15) is 27.9 Å². The van der Waals surface area contributed by atoms with Gasteiger partial charge in [-0.1, -0.05) is 42.5 Å². The molecule has 0 saturated heterocycles. The number of rotatable bonds is 6. The number of oxazole rings is 1. The number of nitrogens with one attached hydrogen (secondary N) is 2. The van der Waals surface area contributed by atoms with E-state index >= 15 is 0 Å². The van der Waals surface area contributed by atoms with E-state index in [2.05, 4.69) is 20.3 Å². The predicted octanol–water partition coefficient (Wildman–Crippen LogP) is 4.73. The van der Waals surface area contributed by atoms with Crippen molar-refractivity contribution in [2.45, 2.75) is 20.4 Å². The minimum atomic E-state index is -0.100. The summed E-state index contributed by atoms with van der Waals surface area (Å²) in [5.74, 6) is 0.507. The molecule has 0 spiro atoms. The van der Waals surface area contributed by atoms with Crippen LogP contribution >= 0.6 is 0 Å². The van der Waals surface area contributed by atoms with E-state index in [0.717, 1.165) is 27.9 Å². The Morgan fingerprint density at radius 3 is 2.62 bits per heavy atom. The highest BCUT2D eigenvalue weighted by molar-refractivity contribution is 6.17. The minimum Gasteiger partial charge on any atom is -0.424 e. The van der Waals surface area contributed by atoms with Crippen molar-refractivity contribution in [3.63, 3.8) is 0 Å². The Labute approximate surface area is 228 Å². The van der Waals surface area contributed by atoms with Gasteiger partial charge in [0.25, 0.3) is 11.6 Å². The Morgan fingerprint density at radius 1 is 1.00 bits per heavy atom. The van der Waals surface area contributed by atoms with Gasteiger partial charge in [-0.15, -0.1) is 0 Å². The van der Waals surface area contributed by atoms with Crippen molar-refractivity contribution in [3.8, 4) is 5.69 Å². The Balaban J connectivity index is 1.43. The van der Waals surface area contributed by atoms with E-state index in [9.17, 15) is 4.79 Å². The van der Waals surface area contributed by atoms with Crippen LogP contribution < -0.4 is 22.3 Å². The minimum absolute atomic E-state index is 0.0499. The Bertz CT molecular complexity index is 2010. The van der Waals surface area contributed by atoms with Gasteiger partial charge in [0.1, 0.15) is 23.5 Å². The van der Waals surface area contributed by atoms with E-state index in [1.165, 1.54) is 6.33 Å². The zero-order valence-electron chi connectivity index (χ0n) is 21.9. The number of nitrogens with zero attached hydrogens (tertiary/aromatic N) is 4. The number of anilines is 3. The van der Waals surface area contributed by atoms with Crippen molar-refractivity contribution in [2.24, 2.45) is 0 Å². The van der Waals surface area contributed by atoms with Crippen LogP contribution in [0, 0.1) is 19.3 Å². The molecule has 6 N–H and O–H groups in total. The molecule has 0 aliphatic heterocycles. The highest BCUT2D eigenvalue weighted by Gasteiger charge is 2.19. The first-order valence-corrected chi connectivity index (χ1v) is 12.6. The molecule has 0 radical (unpaired) electrons. The summed E-state index contributed by atoms with van der Waals surface area (Å²) >= 11 is 0. The lowest BCUT2D eigenvalue weighted by Gasteiger charge is -2.19. The van der Waals surface area contributed by atoms with Crippen molar-refractivity contribution >= 4 is 45.2 Å². The number of aromatic nitrogens is 4. The third-order valence-electron chi connectivity index (χ3n) is 6.94. The zero-order chi connectivity index (χ0) is 28.0. The molecule has 0 fully saturated rings. The molecule has 0 atom stereocenters. The van der Waals surface area contributed by atoms with Crippen LogP contribution in [0.25, 0.3) is 27.6 Å². The van der Waals surface area contributed by atoms with Crippen LogP contribution in [0.4, 0.5) is 17.7 Å². The summed E-state index contributed by atoms with van der Waals surface area (Å²) in [7, 11) is 0. The van der Waals surface area contributed by atoms with Gasteiger partial charge in [0, 0.05) is 11.3 Å². The standard InChI is InChI=1S/C30H26N8O2/c1-16-6-3-4-9-22(16)38-20(12-18-8-5-7-17(2)24(18)29(38)39)14-34-28-25(27(32)35-15-36-28)26(31)19-10-11-21-23(13-19)40-30(33)37-21/h3-13,15,31H,14H2,1-2H3,(H2,33,37)(H3,32,34,35,36). The molecule has 10 nitrogen and oxygen atoms in total. The molecule has 3 heterocycles. The smallest absolute Gasteiger partial charge is 0.292 e. The highest BCUT2D eigenvalue weighted by Crippen LogP contribution is 2.26. The van der Waals surface area contributed by atoms with Gasteiger partial charge >= 0.3 is 0 Å². The van der Waals surface area contributed by atoms with E-state index in [0.29, 0.717) is 33.4 Å². The van der Waals surface area contributed by atoms with Gasteiger partial charge in [-0.05, 0) is 54.6 Å². The number of nitrogen functional groups attached to an aromatic ring is 2. The summed E-state index contributed by atoms with van der Waals surface area (Å²) in [4.78, 5) is 26.5. The van der Waals surface area contributed by atoms with Crippen LogP contribution in [-0.2, 0) is 6.54 Å². The first-order valence-electron chi connectivity index (χ1n) is 12.6. The highest BCUT2D eigenvalue weighted by atomic mass is 16.4. The van der Waals surface area contributed by atoms with Crippen LogP contribution in [0.3, 0.4) is 0 Å². The molecule has 0 amide bonds. The van der Waals surface area contributed by atoms with Crippen LogP contribution in [0.2, 0.25) is 0 Å². The number of hydrogen-bond donors (Lipinski definition) is 4. The average molecular weight is 531 g/mol. The zero-order valence-corrected chi connectivity index (χ0v) is 21.9. The molecule has 3 aromatic carbocycles. The maximum Gasteiger partial charge on any atom is 0.292 e. The molecule has 0 saturated carbocycles. The molecule has 6 aromatic rings. The van der Waals surface area contributed by atoms with Crippen LogP contribution in [0.5, 0.6) is 0 Å². The summed E-state index contributed by atoms with van der Waals surface area (Å²) in [6.07, 6.45) is 1.34. The molecular weight excluding hydrogens is 504 g/mol. The van der Waals surface area contributed by atoms with Gasteiger partial charge in [0.2, 0.25) is 0 Å². The fraction of sp³-hybridized carbons (Fsp3) is 0.100. The van der Waals surface area contributed by atoms with Crippen LogP contribution in [-0.4, -0.2) is 25.2 Å². The van der Waals surface area contributed by atoms with Gasteiger partial charge in [0.05, 0.1) is 28.9 Å². The summed E-state index contributed by atoms with van der Waals surface area (Å²) in [5.41, 5.74) is 17.3. The summed E-state index contributed by atoms with van der Waals surface area (Å²) in [6.45, 7) is 4.16. The lowest BCUT2D eigenvalue weighted by atomic mass is 10.0. The molecule has 0 aliphatic carbocycles. The van der Waals surface area contributed by atoms with Gasteiger partial charge in [-0.2, -0.15) is 4.98 Å². The average Bonchev–Trinajstić information content (AvgIpc) is 3.31. The number of aryl methyl sites for hydroxylation is 2. The Kier molecular flexibility index (Phi) is 5.99. The predicted molar refractivity (Wildman–Crippen MR) is 157 cm³/mol. The van der Waals surface area contributed by atoms with E-state index < -0.39 is 0 Å². The largest absolute Gasteiger partial charge is 0.424 e. The fourth-order valence-electron chi connectivity index (χ4n) is 4.99. The third-order valence-corrected chi connectivity index (χ3v) is 6.94. The van der Waals surface area contributed by atoms with E-state index in [-0.39, 0.29) is 29.6 Å². The summed E-state index contributed by atoms with van der Waals surface area (Å²) in [6, 6.07) is 20.8. The van der Waals surface area contributed by atoms with Crippen molar-refractivity contribution < 1.29 is 4.42 Å². The Hall–Kier alpha value is -5.51. The monoisotopic (exact) mass is 530 g/mol. The molecule has 0 unspecified atom stereocenters. The number of pyridine rings is 1. The first-order chi connectivity index (χ1) is 19.3. The summed E-state index contributed by atoms with van der Waals surface area (Å²) in [5, 5.41) is 13.8. The maximum absolute atomic E-state index is 13.9. The van der Waals surface area contributed by atoms with Crippen molar-refractivity contribution in [3.05, 3.63) is 111 Å². The van der Waals surface area contributed by atoms with E-state index in [1.807, 2.05) is 62.4 Å². The third kappa shape index (κ3) is 4.21. The quantitative estimate of drug-likeness (QED) is 0.225. The number of para-hydroxylation sites is 1. The molecule has 0 bridgehead atoms. The van der Waals surface area contributed by atoms with Gasteiger partial charge < -0.3 is 21.2 Å². The molecule has 6 rings (SSSR count). The number of benzene rings is 3. The Morgan fingerprint density at radius 2 is 1.80 bits per heavy atom. The van der Waals surface area contributed by atoms with Crippen LogP contribution in [0.15, 0.2) is 82.3 Å². The van der Waals surface area contributed by atoms with E-state index in [1.54, 1.807) is 22.8 Å². The van der Waals surface area contributed by atoms with Crippen molar-refractivity contribution in [2.75, 3.05) is 16.8 Å². The molecule has 3 aromatic heterocycles. The van der Waals surface area contributed by atoms with E-state index in [4.69, 9.17) is 21.3 Å². The lowest BCUT2D eigenvalue weighted by Crippen LogP contribution is -2.25. The molecular formula is C30H26N8O2. The maximum atomic E-state index is 13.9. The number of hydrogen-bond acceptors (Lipinski definition) is 9. The van der Waals surface area contributed by atoms with Crippen molar-refractivity contribution in [1.29, 1.82) is 5.41 Å². The van der Waals surface area contributed by atoms with Gasteiger partial charge in [-0.25, -0.2) is 9.97 Å². The molecule has 0 aliphatic rings. The van der Waals surface area contributed by atoms with Gasteiger partial charge in [-0.3, -0.25) is 14.8 Å². The summed E-state index contributed by atoms with van der Waals surface area (Å²) < 4.78 is 7.17. The second-order valence-corrected chi connectivity index (χ2v) is 9.55. The topological polar surface area (TPSA) is 162 Å². The first kappa shape index (κ1) is 24.8. The fourth-order valence-corrected chi connectivity index (χ4v) is 4.99. The molecule has 10 heteroatoms. The second kappa shape index (κ2) is 9.66. The SMILES string of the molecule is Cc1ccccc1-n1c(CNc2ncnc(N)c2C(=N)c2ccc3nc(N)oc3c2)cc2cccc(C)c2c1=O. The van der Waals surface area contributed by atoms with Crippen molar-refractivity contribution in [1.82, 2.24) is 19.5 Å². The number of fused-ring (bicyclic) bond motifs is 2.